The van der Waals surface area contributed by atoms with E-state index in [9.17, 15) is 13.2 Å². The predicted octanol–water partition coefficient (Wildman–Crippen LogP) is 1.66. The number of nitrogens with two attached hydrogens (primary N) is 1. The van der Waals surface area contributed by atoms with Gasteiger partial charge in [-0.3, -0.25) is 4.79 Å². The summed E-state index contributed by atoms with van der Waals surface area (Å²) in [6.45, 7) is 0. The summed E-state index contributed by atoms with van der Waals surface area (Å²) in [6.07, 6.45) is 0. The van der Waals surface area contributed by atoms with Gasteiger partial charge in [0.15, 0.2) is 0 Å². The number of rotatable bonds is 2. The van der Waals surface area contributed by atoms with Crippen LogP contribution in [-0.2, 0) is 10.0 Å². The first-order valence-electron chi connectivity index (χ1n) is 6.07. The highest BCUT2D eigenvalue weighted by atomic mass is 35.5. The van der Waals surface area contributed by atoms with Crippen LogP contribution in [0.15, 0.2) is 58.2 Å². The van der Waals surface area contributed by atoms with Gasteiger partial charge in [-0.2, -0.15) is 5.10 Å². The highest BCUT2D eigenvalue weighted by molar-refractivity contribution is 7.89. The lowest BCUT2D eigenvalue weighted by atomic mass is 10.1. The van der Waals surface area contributed by atoms with Crippen LogP contribution in [0.2, 0.25) is 0 Å². The van der Waals surface area contributed by atoms with E-state index in [4.69, 9.17) is 5.14 Å². The fraction of sp³-hybridized carbons (Fsp3) is 0. The van der Waals surface area contributed by atoms with E-state index in [2.05, 4.69) is 10.2 Å². The van der Waals surface area contributed by atoms with Gasteiger partial charge < -0.3 is 0 Å². The van der Waals surface area contributed by atoms with Crippen molar-refractivity contribution in [3.8, 4) is 11.3 Å². The summed E-state index contributed by atoms with van der Waals surface area (Å²) >= 11 is 0. The Labute approximate surface area is 132 Å². The standard InChI is InChI=1S/C14H11N3O3S.ClH/c15-21(19,20)10-5-3-4-9(8-10)13-11-6-1-2-7-12(11)14(18)17-16-13;/h1-8H,(H,17,18)(H2,15,19,20);1H. The molecule has 0 spiro atoms. The Kier molecular flexibility index (Phi) is 4.32. The molecular formula is C14H12ClN3O3S. The molecule has 0 fully saturated rings. The number of sulfonamides is 1. The van der Waals surface area contributed by atoms with Gasteiger partial charge in [0.1, 0.15) is 0 Å². The van der Waals surface area contributed by atoms with Crippen LogP contribution in [0.3, 0.4) is 0 Å². The van der Waals surface area contributed by atoms with Crippen molar-refractivity contribution in [3.63, 3.8) is 0 Å². The third kappa shape index (κ3) is 2.87. The highest BCUT2D eigenvalue weighted by Crippen LogP contribution is 2.25. The summed E-state index contributed by atoms with van der Waals surface area (Å²) in [5, 5.41) is 12.7. The number of H-pyrrole nitrogens is 1. The normalized spacial score (nSPS) is 11.1. The van der Waals surface area contributed by atoms with Crippen molar-refractivity contribution < 1.29 is 8.42 Å². The van der Waals surface area contributed by atoms with Crippen LogP contribution in [0.1, 0.15) is 0 Å². The largest absolute Gasteiger partial charge is 0.272 e. The van der Waals surface area contributed by atoms with Crippen LogP contribution in [0, 0.1) is 0 Å². The molecule has 3 N–H and O–H groups in total. The number of aromatic amines is 1. The summed E-state index contributed by atoms with van der Waals surface area (Å²) in [7, 11) is -3.79. The average molecular weight is 338 g/mol. The summed E-state index contributed by atoms with van der Waals surface area (Å²) in [4.78, 5) is 11.8. The van der Waals surface area contributed by atoms with E-state index in [1.807, 2.05) is 0 Å². The molecule has 1 heterocycles. The average Bonchev–Trinajstić information content (AvgIpc) is 2.47. The second-order valence-corrected chi connectivity index (χ2v) is 6.08. The van der Waals surface area contributed by atoms with Crippen molar-refractivity contribution in [1.29, 1.82) is 0 Å². The third-order valence-electron chi connectivity index (χ3n) is 3.13. The fourth-order valence-electron chi connectivity index (χ4n) is 2.16. The van der Waals surface area contributed by atoms with Crippen molar-refractivity contribution in [3.05, 3.63) is 58.9 Å². The molecule has 0 bridgehead atoms. The maximum absolute atomic E-state index is 11.8. The van der Waals surface area contributed by atoms with Crippen LogP contribution >= 0.6 is 12.4 Å². The quantitative estimate of drug-likeness (QED) is 0.741. The molecule has 6 nitrogen and oxygen atoms in total. The minimum Gasteiger partial charge on any atom is -0.267 e. The zero-order chi connectivity index (χ0) is 15.0. The first-order valence-corrected chi connectivity index (χ1v) is 7.62. The molecule has 22 heavy (non-hydrogen) atoms. The van der Waals surface area contributed by atoms with E-state index in [1.54, 1.807) is 36.4 Å². The zero-order valence-corrected chi connectivity index (χ0v) is 12.8. The van der Waals surface area contributed by atoms with Crippen LogP contribution in [0.25, 0.3) is 22.0 Å². The molecule has 0 aliphatic heterocycles. The summed E-state index contributed by atoms with van der Waals surface area (Å²) in [6, 6.07) is 13.1. The molecule has 114 valence electrons. The number of primary sulfonamides is 1. The van der Waals surface area contributed by atoms with Crippen molar-refractivity contribution >= 4 is 33.2 Å². The Bertz CT molecular complexity index is 999. The number of nitrogens with zero attached hydrogens (tertiary/aromatic N) is 1. The zero-order valence-electron chi connectivity index (χ0n) is 11.2. The maximum Gasteiger partial charge on any atom is 0.272 e. The third-order valence-corrected chi connectivity index (χ3v) is 4.04. The molecule has 3 aromatic rings. The van der Waals surface area contributed by atoms with E-state index in [0.29, 0.717) is 22.0 Å². The molecule has 0 aliphatic rings. The molecule has 0 saturated carbocycles. The number of nitrogens with one attached hydrogen (secondary N) is 1. The number of benzene rings is 2. The highest BCUT2D eigenvalue weighted by Gasteiger charge is 2.12. The molecule has 0 aliphatic carbocycles. The Balaban J connectivity index is 0.00000176. The maximum atomic E-state index is 11.8. The SMILES string of the molecule is Cl.NS(=O)(=O)c1cccc(-c2n[nH]c(=O)c3ccccc23)c1. The smallest absolute Gasteiger partial charge is 0.267 e. The molecule has 0 saturated heterocycles. The number of aromatic nitrogens is 2. The Morgan fingerprint density at radius 3 is 2.36 bits per heavy atom. The van der Waals surface area contributed by atoms with Crippen LogP contribution in [0.5, 0.6) is 0 Å². The molecule has 2 aromatic carbocycles. The minimum absolute atomic E-state index is 0. The first kappa shape index (κ1) is 16.2. The molecule has 0 radical (unpaired) electrons. The van der Waals surface area contributed by atoms with Gasteiger partial charge in [-0.15, -0.1) is 12.4 Å². The fourth-order valence-corrected chi connectivity index (χ4v) is 2.71. The minimum atomic E-state index is -3.79. The Morgan fingerprint density at radius 2 is 1.68 bits per heavy atom. The number of hydrogen-bond donors (Lipinski definition) is 2. The molecule has 8 heteroatoms. The van der Waals surface area contributed by atoms with Gasteiger partial charge in [-0.25, -0.2) is 18.7 Å². The monoisotopic (exact) mass is 337 g/mol. The van der Waals surface area contributed by atoms with Crippen molar-refractivity contribution in [2.45, 2.75) is 4.90 Å². The second kappa shape index (κ2) is 5.88. The van der Waals surface area contributed by atoms with E-state index in [1.165, 1.54) is 12.1 Å². The summed E-state index contributed by atoms with van der Waals surface area (Å²) in [5.74, 6) is 0. The van der Waals surface area contributed by atoms with Gasteiger partial charge in [0.2, 0.25) is 10.0 Å². The van der Waals surface area contributed by atoms with Crippen LogP contribution in [-0.4, -0.2) is 18.6 Å². The van der Waals surface area contributed by atoms with E-state index in [-0.39, 0.29) is 22.9 Å². The predicted molar refractivity (Wildman–Crippen MR) is 86.4 cm³/mol. The van der Waals surface area contributed by atoms with Gasteiger partial charge in [-0.05, 0) is 18.2 Å². The summed E-state index contributed by atoms with van der Waals surface area (Å²) < 4.78 is 22.9. The number of fused-ring (bicyclic) bond motifs is 1. The summed E-state index contributed by atoms with van der Waals surface area (Å²) in [5.41, 5.74) is 0.765. The molecule has 1 aromatic heterocycles. The molecule has 3 rings (SSSR count). The molecule has 0 amide bonds. The Hall–Kier alpha value is -2.22. The molecular weight excluding hydrogens is 326 g/mol. The first-order chi connectivity index (χ1) is 9.97. The molecule has 0 unspecified atom stereocenters. The van der Waals surface area contributed by atoms with E-state index >= 15 is 0 Å². The van der Waals surface area contributed by atoms with E-state index in [0.717, 1.165) is 0 Å². The Morgan fingerprint density at radius 1 is 1.00 bits per heavy atom. The topological polar surface area (TPSA) is 106 Å². The number of halogens is 1. The van der Waals surface area contributed by atoms with Crippen LogP contribution < -0.4 is 10.7 Å². The van der Waals surface area contributed by atoms with Gasteiger partial charge in [0.05, 0.1) is 16.0 Å². The lowest BCUT2D eigenvalue weighted by Gasteiger charge is -2.06. The van der Waals surface area contributed by atoms with Gasteiger partial charge in [-0.1, -0.05) is 30.3 Å². The van der Waals surface area contributed by atoms with Crippen molar-refractivity contribution in [2.24, 2.45) is 5.14 Å². The molecule has 0 atom stereocenters. The van der Waals surface area contributed by atoms with Gasteiger partial charge in [0, 0.05) is 10.9 Å². The number of hydrogen-bond acceptors (Lipinski definition) is 4. The lowest BCUT2D eigenvalue weighted by Crippen LogP contribution is -2.12. The van der Waals surface area contributed by atoms with Crippen molar-refractivity contribution in [1.82, 2.24) is 10.2 Å². The van der Waals surface area contributed by atoms with Gasteiger partial charge >= 0.3 is 0 Å². The lowest BCUT2D eigenvalue weighted by molar-refractivity contribution is 0.598. The van der Waals surface area contributed by atoms with Gasteiger partial charge in [0.25, 0.3) is 5.56 Å². The second-order valence-electron chi connectivity index (χ2n) is 4.52. The van der Waals surface area contributed by atoms with Crippen molar-refractivity contribution in [2.75, 3.05) is 0 Å². The van der Waals surface area contributed by atoms with E-state index < -0.39 is 10.0 Å². The van der Waals surface area contributed by atoms with Crippen LogP contribution in [0.4, 0.5) is 0 Å².